The molecule has 0 aliphatic carbocycles. The lowest BCUT2D eigenvalue weighted by Crippen LogP contribution is -2.08. The van der Waals surface area contributed by atoms with E-state index >= 15 is 0 Å². The molecule has 0 fully saturated rings. The van der Waals surface area contributed by atoms with Crippen LogP contribution in [0.25, 0.3) is 0 Å². The monoisotopic (exact) mass is 276 g/mol. The Labute approximate surface area is 116 Å². The summed E-state index contributed by atoms with van der Waals surface area (Å²) < 4.78 is 4.94. The molecule has 100 valence electrons. The maximum Gasteiger partial charge on any atom is 0.338 e. The van der Waals surface area contributed by atoms with E-state index in [9.17, 15) is 4.79 Å². The van der Waals surface area contributed by atoms with Crippen molar-refractivity contribution in [2.24, 2.45) is 0 Å². The SMILES string of the molecule is CCOC(=O)c1ccc(NC(C)c2cscn2)cc1. The molecule has 0 bridgehead atoms. The van der Waals surface area contributed by atoms with Crippen LogP contribution in [0.4, 0.5) is 5.69 Å². The van der Waals surface area contributed by atoms with Crippen molar-refractivity contribution in [2.45, 2.75) is 19.9 Å². The summed E-state index contributed by atoms with van der Waals surface area (Å²) in [4.78, 5) is 15.8. The topological polar surface area (TPSA) is 51.2 Å². The van der Waals surface area contributed by atoms with Crippen molar-refractivity contribution in [2.75, 3.05) is 11.9 Å². The van der Waals surface area contributed by atoms with Crippen molar-refractivity contribution >= 4 is 23.0 Å². The van der Waals surface area contributed by atoms with Crippen molar-refractivity contribution in [3.8, 4) is 0 Å². The molecule has 5 heteroatoms. The number of ether oxygens (including phenoxy) is 1. The molecule has 0 aliphatic heterocycles. The number of carbonyl (C=O) groups is 1. The Bertz CT molecular complexity index is 523. The van der Waals surface area contributed by atoms with Crippen LogP contribution >= 0.6 is 11.3 Å². The number of esters is 1. The van der Waals surface area contributed by atoms with Crippen LogP contribution in [0.1, 0.15) is 35.9 Å². The van der Waals surface area contributed by atoms with Gasteiger partial charge in [-0.05, 0) is 38.1 Å². The van der Waals surface area contributed by atoms with E-state index in [1.807, 2.05) is 29.9 Å². The summed E-state index contributed by atoms with van der Waals surface area (Å²) in [6.07, 6.45) is 0. The second-order valence-corrected chi connectivity index (χ2v) is 4.80. The number of nitrogens with zero attached hydrogens (tertiary/aromatic N) is 1. The van der Waals surface area contributed by atoms with Gasteiger partial charge in [0.25, 0.3) is 0 Å². The number of benzene rings is 1. The largest absolute Gasteiger partial charge is 0.462 e. The fraction of sp³-hybridized carbons (Fsp3) is 0.286. The van der Waals surface area contributed by atoms with Gasteiger partial charge in [0.05, 0.1) is 29.4 Å². The first-order chi connectivity index (χ1) is 9.20. The summed E-state index contributed by atoms with van der Waals surface area (Å²) in [6, 6.07) is 7.39. The zero-order valence-corrected chi connectivity index (χ0v) is 11.7. The minimum absolute atomic E-state index is 0.139. The van der Waals surface area contributed by atoms with Crippen molar-refractivity contribution in [1.82, 2.24) is 4.98 Å². The van der Waals surface area contributed by atoms with Crippen LogP contribution in [0, 0.1) is 0 Å². The van der Waals surface area contributed by atoms with Crippen LogP contribution in [0.3, 0.4) is 0 Å². The summed E-state index contributed by atoms with van der Waals surface area (Å²) in [5.74, 6) is -0.290. The highest BCUT2D eigenvalue weighted by molar-refractivity contribution is 7.07. The van der Waals surface area contributed by atoms with Crippen molar-refractivity contribution in [1.29, 1.82) is 0 Å². The Morgan fingerprint density at radius 1 is 1.42 bits per heavy atom. The second-order valence-electron chi connectivity index (χ2n) is 4.08. The molecule has 0 saturated heterocycles. The maximum absolute atomic E-state index is 11.5. The van der Waals surface area contributed by atoms with Crippen molar-refractivity contribution in [3.05, 3.63) is 46.4 Å². The highest BCUT2D eigenvalue weighted by Gasteiger charge is 2.09. The summed E-state index contributed by atoms with van der Waals surface area (Å²) in [5, 5.41) is 5.35. The third kappa shape index (κ3) is 3.54. The van der Waals surface area contributed by atoms with Gasteiger partial charge in [0.15, 0.2) is 0 Å². The molecule has 0 spiro atoms. The molecule has 1 heterocycles. The number of carbonyl (C=O) groups excluding carboxylic acids is 1. The first-order valence-electron chi connectivity index (χ1n) is 6.12. The maximum atomic E-state index is 11.5. The predicted molar refractivity (Wildman–Crippen MR) is 76.6 cm³/mol. The van der Waals surface area contributed by atoms with Crippen LogP contribution in [0.5, 0.6) is 0 Å². The number of thiazole rings is 1. The number of aromatic nitrogens is 1. The van der Waals surface area contributed by atoms with E-state index in [-0.39, 0.29) is 12.0 Å². The Balaban J connectivity index is 2.01. The molecule has 2 rings (SSSR count). The zero-order chi connectivity index (χ0) is 13.7. The molecule has 1 aromatic heterocycles. The fourth-order valence-electron chi connectivity index (χ4n) is 1.68. The number of hydrogen-bond donors (Lipinski definition) is 1. The molecule has 4 nitrogen and oxygen atoms in total. The molecule has 1 N–H and O–H groups in total. The molecule has 0 radical (unpaired) electrons. The number of nitrogens with one attached hydrogen (secondary N) is 1. The Kier molecular flexibility index (Phi) is 4.52. The van der Waals surface area contributed by atoms with Gasteiger partial charge in [-0.1, -0.05) is 0 Å². The van der Waals surface area contributed by atoms with Crippen molar-refractivity contribution < 1.29 is 9.53 Å². The van der Waals surface area contributed by atoms with Crippen molar-refractivity contribution in [3.63, 3.8) is 0 Å². The van der Waals surface area contributed by atoms with Crippen LogP contribution in [0.2, 0.25) is 0 Å². The lowest BCUT2D eigenvalue weighted by molar-refractivity contribution is 0.0526. The minimum Gasteiger partial charge on any atom is -0.462 e. The van der Waals surface area contributed by atoms with Gasteiger partial charge in [-0.25, -0.2) is 9.78 Å². The van der Waals surface area contributed by atoms with E-state index in [0.29, 0.717) is 12.2 Å². The van der Waals surface area contributed by atoms with Gasteiger partial charge in [0.2, 0.25) is 0 Å². The molecule has 0 amide bonds. The Morgan fingerprint density at radius 3 is 2.74 bits per heavy atom. The normalized spacial score (nSPS) is 11.9. The third-order valence-corrected chi connectivity index (χ3v) is 3.28. The van der Waals surface area contributed by atoms with E-state index < -0.39 is 0 Å². The quantitative estimate of drug-likeness (QED) is 0.849. The standard InChI is InChI=1S/C14H16N2O2S/c1-3-18-14(17)11-4-6-12(7-5-11)16-10(2)13-8-19-9-15-13/h4-10,16H,3H2,1-2H3. The zero-order valence-electron chi connectivity index (χ0n) is 10.9. The van der Waals surface area contributed by atoms with Crippen LogP contribution in [0.15, 0.2) is 35.2 Å². The Morgan fingerprint density at radius 2 is 2.16 bits per heavy atom. The van der Waals surface area contributed by atoms with Gasteiger partial charge in [-0.2, -0.15) is 0 Å². The molecule has 0 saturated carbocycles. The molecule has 19 heavy (non-hydrogen) atoms. The summed E-state index contributed by atoms with van der Waals surface area (Å²) in [7, 11) is 0. The molecule has 1 atom stereocenters. The molecule has 1 aromatic carbocycles. The summed E-state index contributed by atoms with van der Waals surface area (Å²) in [5.41, 5.74) is 4.35. The average Bonchev–Trinajstić information content (AvgIpc) is 2.94. The van der Waals surface area contributed by atoms with Gasteiger partial charge in [0.1, 0.15) is 0 Å². The van der Waals surface area contributed by atoms with Gasteiger partial charge >= 0.3 is 5.97 Å². The Hall–Kier alpha value is -1.88. The summed E-state index contributed by atoms with van der Waals surface area (Å²) in [6.45, 7) is 4.23. The summed E-state index contributed by atoms with van der Waals surface area (Å²) >= 11 is 1.58. The smallest absolute Gasteiger partial charge is 0.338 e. The minimum atomic E-state index is -0.290. The average molecular weight is 276 g/mol. The van der Waals surface area contributed by atoms with E-state index in [1.54, 1.807) is 30.4 Å². The molecular weight excluding hydrogens is 260 g/mol. The third-order valence-electron chi connectivity index (χ3n) is 2.67. The molecule has 2 aromatic rings. The fourth-order valence-corrected chi connectivity index (χ4v) is 2.32. The first-order valence-corrected chi connectivity index (χ1v) is 7.06. The lowest BCUT2D eigenvalue weighted by Gasteiger charge is -2.13. The lowest BCUT2D eigenvalue weighted by atomic mass is 10.2. The first kappa shape index (κ1) is 13.5. The highest BCUT2D eigenvalue weighted by Crippen LogP contribution is 2.19. The van der Waals surface area contributed by atoms with E-state index in [1.165, 1.54) is 0 Å². The highest BCUT2D eigenvalue weighted by atomic mass is 32.1. The molecule has 0 aliphatic rings. The van der Waals surface area contributed by atoms with Crippen LogP contribution in [-0.2, 0) is 4.74 Å². The van der Waals surface area contributed by atoms with Gasteiger partial charge < -0.3 is 10.1 Å². The van der Waals surface area contributed by atoms with Crippen LogP contribution in [-0.4, -0.2) is 17.6 Å². The predicted octanol–water partition coefficient (Wildman–Crippen LogP) is 3.49. The van der Waals surface area contributed by atoms with Gasteiger partial charge in [-0.15, -0.1) is 11.3 Å². The van der Waals surface area contributed by atoms with E-state index in [4.69, 9.17) is 4.74 Å². The molecular formula is C14H16N2O2S. The number of anilines is 1. The van der Waals surface area contributed by atoms with Crippen LogP contribution < -0.4 is 5.32 Å². The van der Waals surface area contributed by atoms with Gasteiger partial charge in [0, 0.05) is 11.1 Å². The molecule has 1 unspecified atom stereocenters. The second kappa shape index (κ2) is 6.33. The van der Waals surface area contributed by atoms with Gasteiger partial charge in [-0.3, -0.25) is 0 Å². The van der Waals surface area contributed by atoms with E-state index in [2.05, 4.69) is 10.3 Å². The number of rotatable bonds is 5. The van der Waals surface area contributed by atoms with E-state index in [0.717, 1.165) is 11.4 Å². The number of hydrogen-bond acceptors (Lipinski definition) is 5.